The van der Waals surface area contributed by atoms with Gasteiger partial charge in [0, 0.05) is 6.54 Å². The van der Waals surface area contributed by atoms with Gasteiger partial charge in [0.15, 0.2) is 0 Å². The van der Waals surface area contributed by atoms with Crippen LogP contribution in [-0.4, -0.2) is 50.1 Å². The summed E-state index contributed by atoms with van der Waals surface area (Å²) in [6.07, 6.45) is 0.0628. The molecule has 0 bridgehead atoms. The van der Waals surface area contributed by atoms with Crippen LogP contribution >= 0.6 is 11.8 Å². The zero-order valence-electron chi connectivity index (χ0n) is 9.25. The molecule has 0 aliphatic heterocycles. The second-order valence-electron chi connectivity index (χ2n) is 3.14. The summed E-state index contributed by atoms with van der Waals surface area (Å²) in [7, 11) is 0. The van der Waals surface area contributed by atoms with Crippen LogP contribution in [0.15, 0.2) is 0 Å². The number of alkyl halides is 2. The summed E-state index contributed by atoms with van der Waals surface area (Å²) >= 11 is 1.61. The predicted molar refractivity (Wildman–Crippen MR) is 60.8 cm³/mol. The van der Waals surface area contributed by atoms with Gasteiger partial charge in [-0.2, -0.15) is 11.8 Å². The van der Waals surface area contributed by atoms with Crippen molar-refractivity contribution in [3.05, 3.63) is 0 Å². The monoisotopic (exact) mass is 256 g/mol. The van der Waals surface area contributed by atoms with Gasteiger partial charge in [0.2, 0.25) is 5.91 Å². The maximum Gasteiger partial charge on any atom is 0.261 e. The largest absolute Gasteiger partial charge is 0.374 e. The number of carbonyl (C=O) groups excluding carboxylic acids is 1. The Hall–Kier alpha value is -0.400. The van der Waals surface area contributed by atoms with E-state index in [2.05, 4.69) is 10.1 Å². The average Bonchev–Trinajstić information content (AvgIpc) is 2.24. The van der Waals surface area contributed by atoms with Gasteiger partial charge in [0.05, 0.1) is 12.6 Å². The number of hydrogen-bond acceptors (Lipinski definition) is 4. The number of hydrogen-bond donors (Lipinski definition) is 2. The Morgan fingerprint density at radius 3 is 2.81 bits per heavy atom. The zero-order chi connectivity index (χ0) is 12.4. The molecule has 16 heavy (non-hydrogen) atoms. The predicted octanol–water partition coefficient (Wildman–Crippen LogP) is 0.465. The Bertz CT molecular complexity index is 196. The molecule has 1 atom stereocenters. The fourth-order valence-electron chi connectivity index (χ4n) is 0.926. The third-order valence-electron chi connectivity index (χ3n) is 1.76. The molecule has 7 heteroatoms. The minimum Gasteiger partial charge on any atom is -0.374 e. The summed E-state index contributed by atoms with van der Waals surface area (Å²) in [4.78, 5) is 11.3. The van der Waals surface area contributed by atoms with Gasteiger partial charge in [-0.1, -0.05) is 0 Å². The molecule has 1 amide bonds. The molecular weight excluding hydrogens is 238 g/mol. The van der Waals surface area contributed by atoms with E-state index in [4.69, 9.17) is 5.73 Å². The van der Waals surface area contributed by atoms with Crippen LogP contribution in [-0.2, 0) is 9.53 Å². The zero-order valence-corrected chi connectivity index (χ0v) is 10.1. The summed E-state index contributed by atoms with van der Waals surface area (Å²) in [5.74, 6) is 0.547. The van der Waals surface area contributed by atoms with Crippen molar-refractivity contribution >= 4 is 17.7 Å². The molecule has 0 spiro atoms. The molecule has 0 heterocycles. The smallest absolute Gasteiger partial charge is 0.261 e. The molecular formula is C9H18F2N2O2S. The second-order valence-corrected chi connectivity index (χ2v) is 4.13. The Balaban J connectivity index is 3.42. The van der Waals surface area contributed by atoms with Gasteiger partial charge in [-0.25, -0.2) is 8.78 Å². The molecule has 4 nitrogen and oxygen atoms in total. The van der Waals surface area contributed by atoms with Crippen LogP contribution in [0.25, 0.3) is 0 Å². The standard InChI is InChI=1S/C9H18F2N2O2S/c1-16-5-2-7(12)9(14)13-3-4-15-6-8(10)11/h7-8H,2-6,12H2,1H3,(H,13,14)/t7-/m0/s1. The summed E-state index contributed by atoms with van der Waals surface area (Å²) in [5, 5.41) is 2.52. The fourth-order valence-corrected chi connectivity index (χ4v) is 1.42. The minimum atomic E-state index is -2.47. The van der Waals surface area contributed by atoms with Crippen molar-refractivity contribution in [2.75, 3.05) is 31.8 Å². The number of carbonyl (C=O) groups is 1. The number of thioether (sulfide) groups is 1. The molecule has 0 aliphatic carbocycles. The number of halogens is 2. The first-order valence-corrected chi connectivity index (χ1v) is 6.35. The molecule has 3 N–H and O–H groups in total. The Morgan fingerprint density at radius 2 is 2.25 bits per heavy atom. The highest BCUT2D eigenvalue weighted by molar-refractivity contribution is 7.98. The molecule has 0 unspecified atom stereocenters. The third-order valence-corrected chi connectivity index (χ3v) is 2.40. The molecule has 96 valence electrons. The molecule has 0 radical (unpaired) electrons. The number of rotatable bonds is 9. The number of amides is 1. The lowest BCUT2D eigenvalue weighted by Crippen LogP contribution is -2.42. The first kappa shape index (κ1) is 15.6. The van der Waals surface area contributed by atoms with Gasteiger partial charge in [0.1, 0.15) is 6.61 Å². The molecule has 0 aromatic rings. The van der Waals surface area contributed by atoms with E-state index in [9.17, 15) is 13.6 Å². The lowest BCUT2D eigenvalue weighted by atomic mass is 10.2. The van der Waals surface area contributed by atoms with E-state index >= 15 is 0 Å². The average molecular weight is 256 g/mol. The minimum absolute atomic E-state index is 0.0747. The Labute approximate surface area is 98.3 Å². The Kier molecular flexibility index (Phi) is 9.55. The molecule has 0 fully saturated rings. The van der Waals surface area contributed by atoms with E-state index in [0.717, 1.165) is 5.75 Å². The van der Waals surface area contributed by atoms with Gasteiger partial charge in [-0.15, -0.1) is 0 Å². The lowest BCUT2D eigenvalue weighted by Gasteiger charge is -2.11. The van der Waals surface area contributed by atoms with Crippen molar-refractivity contribution < 1.29 is 18.3 Å². The normalized spacial score (nSPS) is 12.8. The van der Waals surface area contributed by atoms with Gasteiger partial charge in [-0.3, -0.25) is 4.79 Å². The summed E-state index contributed by atoms with van der Waals surface area (Å²) < 4.78 is 27.9. The van der Waals surface area contributed by atoms with Gasteiger partial charge in [0.25, 0.3) is 6.43 Å². The van der Waals surface area contributed by atoms with E-state index in [1.54, 1.807) is 11.8 Å². The van der Waals surface area contributed by atoms with Crippen molar-refractivity contribution in [3.63, 3.8) is 0 Å². The van der Waals surface area contributed by atoms with E-state index in [0.29, 0.717) is 6.42 Å². The summed E-state index contributed by atoms with van der Waals surface area (Å²) in [6.45, 7) is -0.321. The van der Waals surface area contributed by atoms with Gasteiger partial charge >= 0.3 is 0 Å². The molecule has 0 aromatic carbocycles. The molecule has 0 saturated carbocycles. The highest BCUT2D eigenvalue weighted by Crippen LogP contribution is 1.98. The Morgan fingerprint density at radius 1 is 1.56 bits per heavy atom. The van der Waals surface area contributed by atoms with Crippen LogP contribution in [0.2, 0.25) is 0 Å². The highest BCUT2D eigenvalue weighted by atomic mass is 32.2. The SMILES string of the molecule is CSCC[C@H](N)C(=O)NCCOCC(F)F. The maximum absolute atomic E-state index is 11.7. The van der Waals surface area contributed by atoms with Crippen LogP contribution in [0.3, 0.4) is 0 Å². The van der Waals surface area contributed by atoms with Crippen LogP contribution in [0.5, 0.6) is 0 Å². The second kappa shape index (κ2) is 9.80. The molecule has 0 aromatic heterocycles. The third kappa shape index (κ3) is 8.87. The van der Waals surface area contributed by atoms with Crippen molar-refractivity contribution in [2.45, 2.75) is 18.9 Å². The summed E-state index contributed by atoms with van der Waals surface area (Å²) in [5.41, 5.74) is 5.58. The van der Waals surface area contributed by atoms with Crippen molar-refractivity contribution in [1.82, 2.24) is 5.32 Å². The first-order chi connectivity index (χ1) is 7.57. The first-order valence-electron chi connectivity index (χ1n) is 4.96. The van der Waals surface area contributed by atoms with Gasteiger partial charge in [-0.05, 0) is 18.4 Å². The van der Waals surface area contributed by atoms with Crippen LogP contribution in [0.4, 0.5) is 8.78 Å². The molecule has 0 rings (SSSR count). The fraction of sp³-hybridized carbons (Fsp3) is 0.889. The number of nitrogens with two attached hydrogens (primary N) is 1. The molecule has 0 aliphatic rings. The molecule has 0 saturated heterocycles. The number of nitrogens with one attached hydrogen (secondary N) is 1. The van der Waals surface area contributed by atoms with E-state index in [1.165, 1.54) is 0 Å². The topological polar surface area (TPSA) is 64.4 Å². The van der Waals surface area contributed by atoms with E-state index in [1.807, 2.05) is 6.26 Å². The van der Waals surface area contributed by atoms with Crippen LogP contribution in [0.1, 0.15) is 6.42 Å². The van der Waals surface area contributed by atoms with E-state index < -0.39 is 19.1 Å². The van der Waals surface area contributed by atoms with Crippen molar-refractivity contribution in [2.24, 2.45) is 5.73 Å². The number of ether oxygens (including phenoxy) is 1. The van der Waals surface area contributed by atoms with Gasteiger partial charge < -0.3 is 15.8 Å². The maximum atomic E-state index is 11.7. The summed E-state index contributed by atoms with van der Waals surface area (Å²) in [6, 6.07) is -0.539. The lowest BCUT2D eigenvalue weighted by molar-refractivity contribution is -0.122. The quantitative estimate of drug-likeness (QED) is 0.588. The van der Waals surface area contributed by atoms with Crippen molar-refractivity contribution in [3.8, 4) is 0 Å². The van der Waals surface area contributed by atoms with E-state index in [-0.39, 0.29) is 19.1 Å². The van der Waals surface area contributed by atoms with Crippen molar-refractivity contribution in [1.29, 1.82) is 0 Å². The van der Waals surface area contributed by atoms with Crippen LogP contribution < -0.4 is 11.1 Å². The van der Waals surface area contributed by atoms with Crippen LogP contribution in [0, 0.1) is 0 Å². The highest BCUT2D eigenvalue weighted by Gasteiger charge is 2.11.